The minimum Gasteiger partial charge on any atom is -0.481 e. The Labute approximate surface area is 117 Å². The highest BCUT2D eigenvalue weighted by molar-refractivity contribution is 5.75. The smallest absolute Gasteiger partial charge is 0.310 e. The topological polar surface area (TPSA) is 49.8 Å². The molecule has 0 saturated heterocycles. The number of carboxylic acids is 1. The summed E-state index contributed by atoms with van der Waals surface area (Å²) in [7, 11) is 1.70. The summed E-state index contributed by atoms with van der Waals surface area (Å²) in [6, 6.07) is 0. The summed E-state index contributed by atoms with van der Waals surface area (Å²) in [4.78, 5) is 14.0. The number of hydrogen-bond donors (Lipinski definition) is 1. The van der Waals surface area contributed by atoms with Crippen LogP contribution in [-0.2, 0) is 9.53 Å². The van der Waals surface area contributed by atoms with E-state index in [4.69, 9.17) is 4.74 Å². The van der Waals surface area contributed by atoms with Gasteiger partial charge in [-0.1, -0.05) is 33.1 Å². The van der Waals surface area contributed by atoms with E-state index in [0.29, 0.717) is 19.1 Å². The van der Waals surface area contributed by atoms with Crippen molar-refractivity contribution in [2.24, 2.45) is 11.3 Å². The molecule has 0 radical (unpaired) electrons. The van der Waals surface area contributed by atoms with E-state index in [0.717, 1.165) is 38.8 Å². The van der Waals surface area contributed by atoms with Crippen LogP contribution in [0.4, 0.5) is 0 Å². The van der Waals surface area contributed by atoms with Gasteiger partial charge in [0.2, 0.25) is 0 Å². The van der Waals surface area contributed by atoms with Crippen molar-refractivity contribution in [2.45, 2.75) is 46.0 Å². The lowest BCUT2D eigenvalue weighted by molar-refractivity contribution is -0.152. The van der Waals surface area contributed by atoms with Gasteiger partial charge in [-0.05, 0) is 18.8 Å². The Morgan fingerprint density at radius 3 is 2.42 bits per heavy atom. The molecule has 0 spiro atoms. The molecule has 1 aliphatic carbocycles. The van der Waals surface area contributed by atoms with Crippen molar-refractivity contribution in [3.63, 3.8) is 0 Å². The molecule has 0 aliphatic heterocycles. The van der Waals surface area contributed by atoms with Gasteiger partial charge in [0, 0.05) is 26.7 Å². The van der Waals surface area contributed by atoms with Crippen LogP contribution in [0.3, 0.4) is 0 Å². The zero-order chi connectivity index (χ0) is 14.3. The number of rotatable bonds is 8. The van der Waals surface area contributed by atoms with Crippen molar-refractivity contribution >= 4 is 5.97 Å². The second-order valence-electron chi connectivity index (χ2n) is 6.27. The zero-order valence-corrected chi connectivity index (χ0v) is 12.7. The van der Waals surface area contributed by atoms with Crippen LogP contribution < -0.4 is 0 Å². The normalized spacial score (nSPS) is 19.0. The van der Waals surface area contributed by atoms with Crippen LogP contribution in [0.5, 0.6) is 0 Å². The molecule has 0 heterocycles. The third-order valence-electron chi connectivity index (χ3n) is 4.03. The van der Waals surface area contributed by atoms with Gasteiger partial charge in [0.25, 0.3) is 0 Å². The number of nitrogens with zero attached hydrogens (tertiary/aromatic N) is 1. The molecule has 1 fully saturated rings. The lowest BCUT2D eigenvalue weighted by Crippen LogP contribution is -2.46. The average molecular weight is 271 g/mol. The Kier molecular flexibility index (Phi) is 6.80. The Balaban J connectivity index is 2.68. The first-order valence-corrected chi connectivity index (χ1v) is 7.45. The molecule has 0 unspecified atom stereocenters. The zero-order valence-electron chi connectivity index (χ0n) is 12.7. The molecule has 0 aromatic rings. The fraction of sp³-hybridized carbons (Fsp3) is 0.933. The molecule has 4 heteroatoms. The standard InChI is InChI=1S/C15H29NO3/c1-13(2)11-16(9-10-19-3)12-15(14(17)18)7-5-4-6-8-15/h13H,4-12H2,1-3H3,(H,17,18). The van der Waals surface area contributed by atoms with Crippen LogP contribution in [0, 0.1) is 11.3 Å². The predicted octanol–water partition coefficient (Wildman–Crippen LogP) is 2.63. The highest BCUT2D eigenvalue weighted by Gasteiger charge is 2.40. The lowest BCUT2D eigenvalue weighted by Gasteiger charge is -2.38. The van der Waals surface area contributed by atoms with Crippen molar-refractivity contribution in [1.82, 2.24) is 4.90 Å². The van der Waals surface area contributed by atoms with E-state index in [1.165, 1.54) is 6.42 Å². The molecule has 0 aromatic carbocycles. The van der Waals surface area contributed by atoms with Crippen LogP contribution in [0.1, 0.15) is 46.0 Å². The van der Waals surface area contributed by atoms with E-state index < -0.39 is 11.4 Å². The minimum absolute atomic E-state index is 0.527. The minimum atomic E-state index is -0.613. The Hall–Kier alpha value is -0.610. The maximum absolute atomic E-state index is 11.7. The van der Waals surface area contributed by atoms with Gasteiger partial charge in [-0.3, -0.25) is 9.69 Å². The number of methoxy groups -OCH3 is 1. The molecule has 4 nitrogen and oxygen atoms in total. The number of aliphatic carboxylic acids is 1. The van der Waals surface area contributed by atoms with Crippen LogP contribution in [0.15, 0.2) is 0 Å². The number of carbonyl (C=O) groups is 1. The van der Waals surface area contributed by atoms with Gasteiger partial charge in [0.1, 0.15) is 0 Å². The first kappa shape index (κ1) is 16.4. The third kappa shape index (κ3) is 5.11. The maximum Gasteiger partial charge on any atom is 0.310 e. The van der Waals surface area contributed by atoms with Crippen molar-refractivity contribution in [3.05, 3.63) is 0 Å². The molecule has 1 aliphatic rings. The molecule has 112 valence electrons. The molecule has 1 rings (SSSR count). The summed E-state index contributed by atoms with van der Waals surface area (Å²) in [6.45, 7) is 7.45. The van der Waals surface area contributed by atoms with Crippen LogP contribution >= 0.6 is 0 Å². The molecule has 0 amide bonds. The Bertz CT molecular complexity index is 273. The lowest BCUT2D eigenvalue weighted by atomic mass is 9.73. The third-order valence-corrected chi connectivity index (χ3v) is 4.03. The molecule has 0 bridgehead atoms. The highest BCUT2D eigenvalue weighted by atomic mass is 16.5. The van der Waals surface area contributed by atoms with Gasteiger partial charge in [0.15, 0.2) is 0 Å². The molecule has 0 atom stereocenters. The molecule has 19 heavy (non-hydrogen) atoms. The first-order valence-electron chi connectivity index (χ1n) is 7.45. The number of ether oxygens (including phenoxy) is 1. The second kappa shape index (κ2) is 7.85. The van der Waals surface area contributed by atoms with Gasteiger partial charge in [0.05, 0.1) is 12.0 Å². The summed E-state index contributed by atoms with van der Waals surface area (Å²) in [6.07, 6.45) is 4.92. The van der Waals surface area contributed by atoms with Crippen molar-refractivity contribution in [2.75, 3.05) is 33.4 Å². The number of carboxylic acid groups (broad SMARTS) is 1. The van der Waals surface area contributed by atoms with Gasteiger partial charge in [-0.15, -0.1) is 0 Å². The van der Waals surface area contributed by atoms with E-state index in [-0.39, 0.29) is 0 Å². The van der Waals surface area contributed by atoms with Crippen LogP contribution in [0.25, 0.3) is 0 Å². The maximum atomic E-state index is 11.7. The van der Waals surface area contributed by atoms with E-state index in [1.807, 2.05) is 0 Å². The Morgan fingerprint density at radius 1 is 1.32 bits per heavy atom. The molecule has 1 saturated carbocycles. The van der Waals surface area contributed by atoms with E-state index in [2.05, 4.69) is 18.7 Å². The summed E-state index contributed by atoms with van der Waals surface area (Å²) >= 11 is 0. The van der Waals surface area contributed by atoms with Crippen molar-refractivity contribution in [1.29, 1.82) is 0 Å². The fourth-order valence-electron chi connectivity index (χ4n) is 3.07. The number of hydrogen-bond acceptors (Lipinski definition) is 3. The summed E-state index contributed by atoms with van der Waals surface area (Å²) in [5, 5.41) is 9.64. The molecule has 0 aromatic heterocycles. The summed E-state index contributed by atoms with van der Waals surface area (Å²) < 4.78 is 5.15. The summed E-state index contributed by atoms with van der Waals surface area (Å²) in [5.74, 6) is -0.0651. The summed E-state index contributed by atoms with van der Waals surface area (Å²) in [5.41, 5.74) is -0.527. The quantitative estimate of drug-likeness (QED) is 0.737. The largest absolute Gasteiger partial charge is 0.481 e. The van der Waals surface area contributed by atoms with Gasteiger partial charge in [-0.25, -0.2) is 0 Å². The first-order chi connectivity index (χ1) is 9.00. The molecular formula is C15H29NO3. The molecular weight excluding hydrogens is 242 g/mol. The fourth-order valence-corrected chi connectivity index (χ4v) is 3.07. The van der Waals surface area contributed by atoms with E-state index in [1.54, 1.807) is 7.11 Å². The van der Waals surface area contributed by atoms with Gasteiger partial charge in [-0.2, -0.15) is 0 Å². The monoisotopic (exact) mass is 271 g/mol. The van der Waals surface area contributed by atoms with Crippen LogP contribution in [0.2, 0.25) is 0 Å². The van der Waals surface area contributed by atoms with E-state index in [9.17, 15) is 9.90 Å². The SMILES string of the molecule is COCCN(CC(C)C)CC1(C(=O)O)CCCCC1. The van der Waals surface area contributed by atoms with Gasteiger partial charge < -0.3 is 9.84 Å². The van der Waals surface area contributed by atoms with Crippen LogP contribution in [-0.4, -0.2) is 49.3 Å². The predicted molar refractivity (Wildman–Crippen MR) is 76.3 cm³/mol. The van der Waals surface area contributed by atoms with E-state index >= 15 is 0 Å². The van der Waals surface area contributed by atoms with Gasteiger partial charge >= 0.3 is 5.97 Å². The molecule has 1 N–H and O–H groups in total. The van der Waals surface area contributed by atoms with Crippen molar-refractivity contribution in [3.8, 4) is 0 Å². The second-order valence-corrected chi connectivity index (χ2v) is 6.27. The Morgan fingerprint density at radius 2 is 1.95 bits per heavy atom. The highest BCUT2D eigenvalue weighted by Crippen LogP contribution is 2.37. The van der Waals surface area contributed by atoms with Crippen molar-refractivity contribution < 1.29 is 14.6 Å². The average Bonchev–Trinajstić information content (AvgIpc) is 2.36.